The smallest absolute Gasteiger partial charge is 0.243 e. The molecule has 0 fully saturated rings. The lowest BCUT2D eigenvalue weighted by Gasteiger charge is -2.20. The molecule has 0 saturated carbocycles. The Morgan fingerprint density at radius 2 is 1.70 bits per heavy atom. The van der Waals surface area contributed by atoms with Crippen molar-refractivity contribution in [3.8, 4) is 0 Å². The van der Waals surface area contributed by atoms with Gasteiger partial charge in [0, 0.05) is 0 Å². The van der Waals surface area contributed by atoms with Gasteiger partial charge in [-0.3, -0.25) is 14.4 Å². The van der Waals surface area contributed by atoms with Gasteiger partial charge in [0.1, 0.15) is 12.1 Å². The quantitative estimate of drug-likeness (QED) is 0.423. The standard InChI is InChI=1S/C13H26N4O3/c1-4-7-10(12(14)19)17-13(20)9(5-2)16-11(18)8-15-6-3/h9-10,15H,4-8H2,1-3H3,(H2,14,19)(H,16,18)(H,17,20). The van der Waals surface area contributed by atoms with E-state index in [-0.39, 0.29) is 18.4 Å². The van der Waals surface area contributed by atoms with E-state index in [4.69, 9.17) is 5.73 Å². The highest BCUT2D eigenvalue weighted by molar-refractivity contribution is 5.91. The Morgan fingerprint density at radius 1 is 1.05 bits per heavy atom. The Kier molecular flexibility index (Phi) is 9.36. The third kappa shape index (κ3) is 7.08. The van der Waals surface area contributed by atoms with Crippen molar-refractivity contribution >= 4 is 17.7 Å². The fourth-order valence-corrected chi connectivity index (χ4v) is 1.68. The molecule has 0 aromatic heterocycles. The van der Waals surface area contributed by atoms with E-state index in [1.807, 2.05) is 13.8 Å². The summed E-state index contributed by atoms with van der Waals surface area (Å²) in [4.78, 5) is 34.8. The zero-order valence-corrected chi connectivity index (χ0v) is 12.5. The summed E-state index contributed by atoms with van der Waals surface area (Å²) in [6.45, 7) is 6.42. The van der Waals surface area contributed by atoms with Crippen LogP contribution in [-0.4, -0.2) is 42.9 Å². The van der Waals surface area contributed by atoms with Crippen molar-refractivity contribution in [3.05, 3.63) is 0 Å². The number of hydrogen-bond donors (Lipinski definition) is 4. The van der Waals surface area contributed by atoms with E-state index in [0.717, 1.165) is 6.42 Å². The summed E-state index contributed by atoms with van der Waals surface area (Å²) in [5.74, 6) is -1.19. The second-order valence-corrected chi connectivity index (χ2v) is 4.56. The lowest BCUT2D eigenvalue weighted by Crippen LogP contribution is -2.53. The number of rotatable bonds is 10. The minimum Gasteiger partial charge on any atom is -0.368 e. The van der Waals surface area contributed by atoms with Crippen LogP contribution in [0.1, 0.15) is 40.0 Å². The molecule has 0 aromatic rings. The fraction of sp³-hybridized carbons (Fsp3) is 0.769. The monoisotopic (exact) mass is 286 g/mol. The molecular formula is C13H26N4O3. The van der Waals surface area contributed by atoms with Gasteiger partial charge in [-0.05, 0) is 19.4 Å². The van der Waals surface area contributed by atoms with Gasteiger partial charge in [0.2, 0.25) is 17.7 Å². The first kappa shape index (κ1) is 18.4. The summed E-state index contributed by atoms with van der Waals surface area (Å²) in [6.07, 6.45) is 1.67. The number of nitrogens with two attached hydrogens (primary N) is 1. The van der Waals surface area contributed by atoms with E-state index < -0.39 is 18.0 Å². The summed E-state index contributed by atoms with van der Waals surface area (Å²) < 4.78 is 0. The molecule has 2 unspecified atom stereocenters. The highest BCUT2D eigenvalue weighted by Crippen LogP contribution is 1.98. The number of likely N-dealkylation sites (N-methyl/N-ethyl adjacent to an activating group) is 1. The molecule has 0 saturated heterocycles. The van der Waals surface area contributed by atoms with Gasteiger partial charge in [-0.25, -0.2) is 0 Å². The maximum atomic E-state index is 12.0. The van der Waals surface area contributed by atoms with Crippen LogP contribution in [0.5, 0.6) is 0 Å². The molecule has 0 aliphatic heterocycles. The Hall–Kier alpha value is -1.63. The van der Waals surface area contributed by atoms with E-state index in [1.165, 1.54) is 0 Å². The average Bonchev–Trinajstić information content (AvgIpc) is 2.41. The Labute approximate surface area is 120 Å². The normalized spacial score (nSPS) is 13.3. The van der Waals surface area contributed by atoms with Crippen LogP contribution in [0.3, 0.4) is 0 Å². The molecule has 0 aliphatic carbocycles. The predicted molar refractivity (Wildman–Crippen MR) is 76.8 cm³/mol. The van der Waals surface area contributed by atoms with Crippen molar-refractivity contribution in [2.45, 2.75) is 52.1 Å². The molecule has 0 heterocycles. The van der Waals surface area contributed by atoms with Crippen molar-refractivity contribution in [1.82, 2.24) is 16.0 Å². The largest absolute Gasteiger partial charge is 0.368 e. The lowest BCUT2D eigenvalue weighted by atomic mass is 10.1. The molecule has 3 amide bonds. The first-order valence-electron chi connectivity index (χ1n) is 7.05. The highest BCUT2D eigenvalue weighted by Gasteiger charge is 2.23. The molecule has 0 bridgehead atoms. The molecular weight excluding hydrogens is 260 g/mol. The zero-order chi connectivity index (χ0) is 15.5. The van der Waals surface area contributed by atoms with Crippen LogP contribution in [0.25, 0.3) is 0 Å². The Balaban J connectivity index is 4.45. The van der Waals surface area contributed by atoms with E-state index in [2.05, 4.69) is 16.0 Å². The first-order chi connectivity index (χ1) is 9.46. The van der Waals surface area contributed by atoms with Crippen molar-refractivity contribution < 1.29 is 14.4 Å². The van der Waals surface area contributed by atoms with Crippen LogP contribution in [-0.2, 0) is 14.4 Å². The minimum absolute atomic E-state index is 0.161. The van der Waals surface area contributed by atoms with Crippen LogP contribution in [0.15, 0.2) is 0 Å². The summed E-state index contributed by atoms with van der Waals surface area (Å²) in [5.41, 5.74) is 5.23. The van der Waals surface area contributed by atoms with Gasteiger partial charge in [-0.15, -0.1) is 0 Å². The van der Waals surface area contributed by atoms with Crippen LogP contribution in [0, 0.1) is 0 Å². The second kappa shape index (κ2) is 10.2. The molecule has 7 heteroatoms. The number of carbonyl (C=O) groups excluding carboxylic acids is 3. The van der Waals surface area contributed by atoms with Gasteiger partial charge < -0.3 is 21.7 Å². The second-order valence-electron chi connectivity index (χ2n) is 4.56. The van der Waals surface area contributed by atoms with Crippen LogP contribution in [0.2, 0.25) is 0 Å². The van der Waals surface area contributed by atoms with Crippen molar-refractivity contribution in [2.24, 2.45) is 5.73 Å². The molecule has 0 spiro atoms. The van der Waals surface area contributed by atoms with Crippen molar-refractivity contribution in [3.63, 3.8) is 0 Å². The molecule has 20 heavy (non-hydrogen) atoms. The number of nitrogens with one attached hydrogen (secondary N) is 3. The van der Waals surface area contributed by atoms with Gasteiger partial charge in [0.15, 0.2) is 0 Å². The molecule has 2 atom stereocenters. The van der Waals surface area contributed by atoms with Crippen LogP contribution in [0.4, 0.5) is 0 Å². The fourth-order valence-electron chi connectivity index (χ4n) is 1.68. The number of hydrogen-bond acceptors (Lipinski definition) is 4. The SMILES string of the molecule is CCCC(NC(=O)C(CC)NC(=O)CNCC)C(N)=O. The topological polar surface area (TPSA) is 113 Å². The zero-order valence-electron chi connectivity index (χ0n) is 12.5. The molecule has 5 N–H and O–H groups in total. The number of carbonyl (C=O) groups is 3. The van der Waals surface area contributed by atoms with Gasteiger partial charge in [0.25, 0.3) is 0 Å². The highest BCUT2D eigenvalue weighted by atomic mass is 16.2. The maximum absolute atomic E-state index is 12.0. The Morgan fingerprint density at radius 3 is 2.15 bits per heavy atom. The Bertz CT molecular complexity index is 334. The molecule has 116 valence electrons. The van der Waals surface area contributed by atoms with E-state index in [1.54, 1.807) is 6.92 Å². The third-order valence-corrected chi connectivity index (χ3v) is 2.83. The summed E-state index contributed by atoms with van der Waals surface area (Å²) >= 11 is 0. The van der Waals surface area contributed by atoms with Crippen molar-refractivity contribution in [1.29, 1.82) is 0 Å². The third-order valence-electron chi connectivity index (χ3n) is 2.83. The molecule has 0 radical (unpaired) electrons. The van der Waals surface area contributed by atoms with Crippen molar-refractivity contribution in [2.75, 3.05) is 13.1 Å². The summed E-state index contributed by atoms with van der Waals surface area (Å²) in [5, 5.41) is 8.08. The van der Waals surface area contributed by atoms with Gasteiger partial charge in [0.05, 0.1) is 6.54 Å². The summed E-state index contributed by atoms with van der Waals surface area (Å²) in [6, 6.07) is -1.34. The van der Waals surface area contributed by atoms with Gasteiger partial charge in [-0.2, -0.15) is 0 Å². The molecule has 0 aliphatic rings. The molecule has 0 rings (SSSR count). The molecule has 0 aromatic carbocycles. The predicted octanol–water partition coefficient (Wildman–Crippen LogP) is -0.739. The van der Waals surface area contributed by atoms with E-state index in [9.17, 15) is 14.4 Å². The van der Waals surface area contributed by atoms with E-state index >= 15 is 0 Å². The lowest BCUT2D eigenvalue weighted by molar-refractivity contribution is -0.131. The maximum Gasteiger partial charge on any atom is 0.243 e. The van der Waals surface area contributed by atoms with Crippen LogP contribution < -0.4 is 21.7 Å². The number of primary amides is 1. The number of amides is 3. The first-order valence-corrected chi connectivity index (χ1v) is 7.05. The van der Waals surface area contributed by atoms with Gasteiger partial charge in [-0.1, -0.05) is 27.2 Å². The van der Waals surface area contributed by atoms with Gasteiger partial charge >= 0.3 is 0 Å². The average molecular weight is 286 g/mol. The van der Waals surface area contributed by atoms with Crippen LogP contribution >= 0.6 is 0 Å². The van der Waals surface area contributed by atoms with E-state index in [0.29, 0.717) is 19.4 Å². The molecule has 7 nitrogen and oxygen atoms in total. The minimum atomic E-state index is -0.688. The summed E-state index contributed by atoms with van der Waals surface area (Å²) in [7, 11) is 0.